The lowest BCUT2D eigenvalue weighted by Crippen LogP contribution is -2.43. The third kappa shape index (κ3) is 5.40. The van der Waals surface area contributed by atoms with Gasteiger partial charge in [-0.15, -0.1) is 0 Å². The Labute approximate surface area is 84.2 Å². The fourth-order valence-electron chi connectivity index (χ4n) is 0.954. The Balaban J connectivity index is 3.69. The van der Waals surface area contributed by atoms with E-state index in [1.54, 1.807) is 0 Å². The van der Waals surface area contributed by atoms with Gasteiger partial charge in [0.1, 0.15) is 6.54 Å². The lowest BCUT2D eigenvalue weighted by Gasteiger charge is -2.14. The molecule has 0 heterocycles. The van der Waals surface area contributed by atoms with Gasteiger partial charge in [0.15, 0.2) is 0 Å². The smallest absolute Gasteiger partial charge is 0.325 e. The Morgan fingerprint density at radius 2 is 1.86 bits per heavy atom. The molecule has 0 atom stereocenters. The zero-order chi connectivity index (χ0) is 11.0. The van der Waals surface area contributed by atoms with Gasteiger partial charge in [-0.2, -0.15) is 0 Å². The van der Waals surface area contributed by atoms with Crippen molar-refractivity contribution in [1.82, 2.24) is 10.6 Å². The van der Waals surface area contributed by atoms with Crippen LogP contribution in [0.4, 0.5) is 4.79 Å². The Morgan fingerprint density at radius 1 is 1.29 bits per heavy atom. The fraction of sp³-hybridized carbons (Fsp3) is 0.778. The highest BCUT2D eigenvalue weighted by Crippen LogP contribution is 1.94. The number of nitrogens with one attached hydrogen (secondary N) is 2. The van der Waals surface area contributed by atoms with E-state index in [-0.39, 0.29) is 18.6 Å². The highest BCUT2D eigenvalue weighted by atomic mass is 16.5. The summed E-state index contributed by atoms with van der Waals surface area (Å²) in [5, 5.41) is 5.15. The van der Waals surface area contributed by atoms with E-state index < -0.39 is 5.97 Å². The summed E-state index contributed by atoms with van der Waals surface area (Å²) in [6.45, 7) is 3.89. The molecule has 14 heavy (non-hydrogen) atoms. The van der Waals surface area contributed by atoms with Crippen LogP contribution in [0, 0.1) is 0 Å². The van der Waals surface area contributed by atoms with E-state index in [0.29, 0.717) is 0 Å². The van der Waals surface area contributed by atoms with Crippen molar-refractivity contribution in [2.75, 3.05) is 13.7 Å². The Hall–Kier alpha value is -1.26. The largest absolute Gasteiger partial charge is 0.468 e. The van der Waals surface area contributed by atoms with Crippen LogP contribution in [0.5, 0.6) is 0 Å². The molecular weight excluding hydrogens is 184 g/mol. The molecule has 2 N–H and O–H groups in total. The molecule has 5 nitrogen and oxygen atoms in total. The van der Waals surface area contributed by atoms with Gasteiger partial charge in [-0.1, -0.05) is 13.8 Å². The van der Waals surface area contributed by atoms with E-state index in [0.717, 1.165) is 12.8 Å². The number of urea groups is 1. The van der Waals surface area contributed by atoms with E-state index in [1.807, 2.05) is 13.8 Å². The van der Waals surface area contributed by atoms with Crippen LogP contribution in [0.25, 0.3) is 0 Å². The van der Waals surface area contributed by atoms with Crippen molar-refractivity contribution >= 4 is 12.0 Å². The summed E-state index contributed by atoms with van der Waals surface area (Å²) in [5.74, 6) is -0.454. The molecule has 0 aromatic heterocycles. The van der Waals surface area contributed by atoms with Gasteiger partial charge in [0, 0.05) is 6.04 Å². The summed E-state index contributed by atoms with van der Waals surface area (Å²) < 4.78 is 4.38. The first-order chi connectivity index (χ1) is 6.63. The van der Waals surface area contributed by atoms with Crippen LogP contribution in [-0.4, -0.2) is 31.7 Å². The van der Waals surface area contributed by atoms with Crippen LogP contribution < -0.4 is 10.6 Å². The van der Waals surface area contributed by atoms with Crippen LogP contribution in [0.3, 0.4) is 0 Å². The van der Waals surface area contributed by atoms with Crippen LogP contribution in [0.15, 0.2) is 0 Å². The molecule has 0 fully saturated rings. The van der Waals surface area contributed by atoms with Crippen molar-refractivity contribution in [3.05, 3.63) is 0 Å². The minimum Gasteiger partial charge on any atom is -0.468 e. The third-order valence-corrected chi connectivity index (χ3v) is 1.94. The van der Waals surface area contributed by atoms with Crippen molar-refractivity contribution in [3.63, 3.8) is 0 Å². The maximum Gasteiger partial charge on any atom is 0.325 e. The summed E-state index contributed by atoms with van der Waals surface area (Å²) >= 11 is 0. The van der Waals surface area contributed by atoms with Crippen LogP contribution in [0.2, 0.25) is 0 Å². The summed E-state index contributed by atoms with van der Waals surface area (Å²) in [4.78, 5) is 21.8. The van der Waals surface area contributed by atoms with Gasteiger partial charge in [-0.3, -0.25) is 4.79 Å². The van der Waals surface area contributed by atoms with E-state index in [2.05, 4.69) is 15.4 Å². The van der Waals surface area contributed by atoms with E-state index in [9.17, 15) is 9.59 Å². The predicted octanol–water partition coefficient (Wildman–Crippen LogP) is 0.647. The lowest BCUT2D eigenvalue weighted by molar-refractivity contribution is -0.139. The van der Waals surface area contributed by atoms with Crippen molar-refractivity contribution < 1.29 is 14.3 Å². The standard InChI is InChI=1S/C9H18N2O3/c1-4-7(5-2)11-9(13)10-6-8(12)14-3/h7H,4-6H2,1-3H3,(H2,10,11,13). The van der Waals surface area contributed by atoms with E-state index in [1.165, 1.54) is 7.11 Å². The number of ether oxygens (including phenoxy) is 1. The first-order valence-corrected chi connectivity index (χ1v) is 4.75. The minimum atomic E-state index is -0.454. The Bertz CT molecular complexity index is 190. The molecule has 0 unspecified atom stereocenters. The number of carbonyl (C=O) groups is 2. The third-order valence-electron chi connectivity index (χ3n) is 1.94. The molecule has 0 saturated heterocycles. The first kappa shape index (κ1) is 12.7. The van der Waals surface area contributed by atoms with Crippen molar-refractivity contribution in [2.45, 2.75) is 32.7 Å². The number of hydrogen-bond donors (Lipinski definition) is 2. The van der Waals surface area contributed by atoms with Gasteiger partial charge in [-0.05, 0) is 12.8 Å². The normalized spacial score (nSPS) is 9.71. The first-order valence-electron chi connectivity index (χ1n) is 4.75. The number of rotatable bonds is 5. The van der Waals surface area contributed by atoms with Crippen molar-refractivity contribution in [3.8, 4) is 0 Å². The van der Waals surface area contributed by atoms with E-state index >= 15 is 0 Å². The summed E-state index contributed by atoms with van der Waals surface area (Å²) in [6.07, 6.45) is 1.75. The molecule has 82 valence electrons. The molecule has 0 aliphatic carbocycles. The van der Waals surface area contributed by atoms with Crippen molar-refractivity contribution in [1.29, 1.82) is 0 Å². The molecule has 0 aliphatic rings. The molecule has 0 aliphatic heterocycles. The minimum absolute atomic E-state index is 0.0948. The highest BCUT2D eigenvalue weighted by Gasteiger charge is 2.08. The van der Waals surface area contributed by atoms with Crippen molar-refractivity contribution in [2.24, 2.45) is 0 Å². The monoisotopic (exact) mass is 202 g/mol. The van der Waals surface area contributed by atoms with Gasteiger partial charge in [0.05, 0.1) is 7.11 Å². The summed E-state index contributed by atoms with van der Waals surface area (Å²) in [7, 11) is 1.28. The van der Waals surface area contributed by atoms with Gasteiger partial charge in [0.2, 0.25) is 0 Å². The molecule has 0 radical (unpaired) electrons. The molecule has 0 bridgehead atoms. The molecule has 0 rings (SSSR count). The second-order valence-electron chi connectivity index (χ2n) is 2.92. The fourth-order valence-corrected chi connectivity index (χ4v) is 0.954. The molecule has 0 saturated carbocycles. The highest BCUT2D eigenvalue weighted by molar-refractivity contribution is 5.80. The van der Waals surface area contributed by atoms with Gasteiger partial charge in [0.25, 0.3) is 0 Å². The van der Waals surface area contributed by atoms with Gasteiger partial charge < -0.3 is 15.4 Å². The number of amides is 2. The average molecular weight is 202 g/mol. The molecule has 0 spiro atoms. The zero-order valence-corrected chi connectivity index (χ0v) is 8.92. The quantitative estimate of drug-likeness (QED) is 0.643. The van der Waals surface area contributed by atoms with Gasteiger partial charge >= 0.3 is 12.0 Å². The number of esters is 1. The second kappa shape index (κ2) is 7.17. The summed E-state index contributed by atoms with van der Waals surface area (Å²) in [5.41, 5.74) is 0. The summed E-state index contributed by atoms with van der Waals surface area (Å²) in [6, 6.07) is -0.170. The lowest BCUT2D eigenvalue weighted by atomic mass is 10.2. The molecule has 0 aromatic carbocycles. The molecule has 0 aromatic rings. The topological polar surface area (TPSA) is 67.4 Å². The SMILES string of the molecule is CCC(CC)NC(=O)NCC(=O)OC. The molecule has 2 amide bonds. The number of hydrogen-bond acceptors (Lipinski definition) is 3. The second-order valence-corrected chi connectivity index (χ2v) is 2.92. The zero-order valence-electron chi connectivity index (χ0n) is 8.92. The molecular formula is C9H18N2O3. The van der Waals surface area contributed by atoms with Crippen LogP contribution >= 0.6 is 0 Å². The van der Waals surface area contributed by atoms with Crippen LogP contribution in [-0.2, 0) is 9.53 Å². The maximum atomic E-state index is 11.2. The average Bonchev–Trinajstić information content (AvgIpc) is 2.22. The maximum absolute atomic E-state index is 11.2. The number of methoxy groups -OCH3 is 1. The predicted molar refractivity (Wildman–Crippen MR) is 52.9 cm³/mol. The van der Waals surface area contributed by atoms with Crippen LogP contribution in [0.1, 0.15) is 26.7 Å². The number of carbonyl (C=O) groups excluding carboxylic acids is 2. The molecule has 5 heteroatoms. The van der Waals surface area contributed by atoms with Gasteiger partial charge in [-0.25, -0.2) is 4.79 Å². The Kier molecular flexibility index (Phi) is 6.53. The van der Waals surface area contributed by atoms with E-state index in [4.69, 9.17) is 0 Å². The Morgan fingerprint density at radius 3 is 2.29 bits per heavy atom.